The molecule has 0 aromatic heterocycles. The van der Waals surface area contributed by atoms with Gasteiger partial charge in [0.1, 0.15) is 24.6 Å². The normalized spacial score (nSPS) is 18.8. The van der Waals surface area contributed by atoms with E-state index in [1.54, 1.807) is 0 Å². The van der Waals surface area contributed by atoms with Crippen molar-refractivity contribution in [2.45, 2.75) is 84.0 Å². The highest BCUT2D eigenvalue weighted by atomic mass is 16.5. The lowest BCUT2D eigenvalue weighted by Gasteiger charge is -2.35. The Morgan fingerprint density at radius 2 is 1.62 bits per heavy atom. The maximum Gasteiger partial charge on any atom is 0.336 e. The van der Waals surface area contributed by atoms with E-state index in [1.165, 1.54) is 64.5 Å². The Morgan fingerprint density at radius 1 is 0.833 bits per heavy atom. The van der Waals surface area contributed by atoms with Crippen LogP contribution in [-0.2, 0) is 25.7 Å². The summed E-state index contributed by atoms with van der Waals surface area (Å²) >= 11 is 0. The second kappa shape index (κ2) is 10.00. The van der Waals surface area contributed by atoms with Gasteiger partial charge in [-0.1, -0.05) is 19.9 Å². The third-order valence-corrected chi connectivity index (χ3v) is 10.4. The molecule has 0 amide bonds. The summed E-state index contributed by atoms with van der Waals surface area (Å²) in [6, 6.07) is 10.8. The Kier molecular flexibility index (Phi) is 6.20. The molecule has 0 fully saturated rings. The first-order valence-electron chi connectivity index (χ1n) is 16.3. The summed E-state index contributed by atoms with van der Waals surface area (Å²) in [4.78, 5) is 15.4. The third kappa shape index (κ3) is 3.95. The summed E-state index contributed by atoms with van der Waals surface area (Å²) in [6.07, 6.45) is 11.2. The highest BCUT2D eigenvalue weighted by molar-refractivity contribution is 5.99. The number of nitrogens with zero attached hydrogens (tertiary/aromatic N) is 2. The van der Waals surface area contributed by atoms with Crippen molar-refractivity contribution < 1.29 is 14.6 Å². The highest BCUT2D eigenvalue weighted by Crippen LogP contribution is 2.48. The van der Waals surface area contributed by atoms with Crippen molar-refractivity contribution in [3.8, 4) is 11.5 Å². The minimum atomic E-state index is -0.869. The van der Waals surface area contributed by atoms with E-state index in [1.807, 2.05) is 12.1 Å². The Hall–Kier alpha value is -3.60. The zero-order valence-electron chi connectivity index (χ0n) is 25.0. The van der Waals surface area contributed by atoms with Crippen molar-refractivity contribution in [3.63, 3.8) is 0 Å². The van der Waals surface area contributed by atoms with Gasteiger partial charge in [-0.05, 0) is 98.2 Å². The first-order valence-corrected chi connectivity index (χ1v) is 16.3. The van der Waals surface area contributed by atoms with Gasteiger partial charge in [-0.3, -0.25) is 0 Å². The van der Waals surface area contributed by atoms with Crippen LogP contribution in [0.15, 0.2) is 30.3 Å². The number of anilines is 1. The van der Waals surface area contributed by atoms with E-state index < -0.39 is 5.97 Å². The topological polar surface area (TPSA) is 52.8 Å². The number of benzene rings is 3. The molecule has 5 aliphatic rings. The summed E-state index contributed by atoms with van der Waals surface area (Å²) in [6.45, 7) is 8.82. The van der Waals surface area contributed by atoms with Gasteiger partial charge in [0.2, 0.25) is 5.36 Å². The molecule has 0 atom stereocenters. The van der Waals surface area contributed by atoms with Gasteiger partial charge in [-0.15, -0.1) is 0 Å². The van der Waals surface area contributed by atoms with E-state index in [4.69, 9.17) is 4.74 Å². The van der Waals surface area contributed by atoms with Gasteiger partial charge in [0, 0.05) is 59.1 Å². The predicted molar refractivity (Wildman–Crippen MR) is 167 cm³/mol. The van der Waals surface area contributed by atoms with Gasteiger partial charge in [0.05, 0.1) is 11.1 Å². The quantitative estimate of drug-likeness (QED) is 0.325. The Balaban J connectivity index is 1.54. The lowest BCUT2D eigenvalue weighted by atomic mass is 9.82. The van der Waals surface area contributed by atoms with Crippen LogP contribution < -0.4 is 24.8 Å². The Morgan fingerprint density at radius 3 is 2.48 bits per heavy atom. The van der Waals surface area contributed by atoms with Crippen LogP contribution in [0.2, 0.25) is 0 Å². The molecule has 5 nitrogen and oxygen atoms in total. The molecule has 0 radical (unpaired) electrons. The second-order valence-electron chi connectivity index (χ2n) is 13.3. The van der Waals surface area contributed by atoms with Crippen LogP contribution in [0.25, 0.3) is 5.57 Å². The van der Waals surface area contributed by atoms with Crippen molar-refractivity contribution in [2.24, 2.45) is 0 Å². The van der Waals surface area contributed by atoms with E-state index in [9.17, 15) is 9.90 Å². The molecule has 0 saturated carbocycles. The number of carbonyl (C=O) groups is 1. The first-order chi connectivity index (χ1) is 20.5. The Bertz CT molecular complexity index is 1780. The largest absolute Gasteiger partial charge is 0.478 e. The van der Waals surface area contributed by atoms with Crippen molar-refractivity contribution in [1.82, 2.24) is 4.58 Å². The number of fused-ring (bicyclic) bond motifs is 4. The van der Waals surface area contributed by atoms with Gasteiger partial charge in [-0.25, -0.2) is 9.37 Å². The molecular weight excluding hydrogens is 520 g/mol. The monoisotopic (exact) mass is 561 g/mol. The first kappa shape index (κ1) is 26.1. The number of ether oxygens (including phenoxy) is 1. The van der Waals surface area contributed by atoms with Crippen LogP contribution in [0.3, 0.4) is 0 Å². The molecule has 0 bridgehead atoms. The number of rotatable bonds is 3. The van der Waals surface area contributed by atoms with Crippen LogP contribution in [0, 0.1) is 0 Å². The van der Waals surface area contributed by atoms with Gasteiger partial charge in [0.15, 0.2) is 0 Å². The van der Waals surface area contributed by atoms with Crippen molar-refractivity contribution in [1.29, 1.82) is 0 Å². The molecule has 5 heteroatoms. The van der Waals surface area contributed by atoms with E-state index in [0.717, 1.165) is 98.1 Å². The van der Waals surface area contributed by atoms with Gasteiger partial charge < -0.3 is 14.7 Å². The molecule has 0 aliphatic carbocycles. The zero-order chi connectivity index (χ0) is 28.5. The van der Waals surface area contributed by atoms with Crippen molar-refractivity contribution in [3.05, 3.63) is 85.4 Å². The number of hydrogen-bond donors (Lipinski definition) is 1. The number of hydrogen-bond acceptors (Lipinski definition) is 3. The van der Waals surface area contributed by atoms with Crippen LogP contribution in [-0.4, -0.2) is 37.3 Å². The molecule has 42 heavy (non-hydrogen) atoms. The minimum absolute atomic E-state index is 0.300. The number of carboxylic acids is 1. The van der Waals surface area contributed by atoms with Crippen LogP contribution in [0.4, 0.5) is 5.69 Å². The third-order valence-electron chi connectivity index (χ3n) is 10.4. The molecule has 0 saturated heterocycles. The van der Waals surface area contributed by atoms with E-state index >= 15 is 0 Å². The average molecular weight is 562 g/mol. The fourth-order valence-corrected chi connectivity index (χ4v) is 8.43. The fraction of sp³-hybridized carbons (Fsp3) is 0.459. The van der Waals surface area contributed by atoms with E-state index in [2.05, 4.69) is 41.5 Å². The lowest BCUT2D eigenvalue weighted by Crippen LogP contribution is -2.41. The summed E-state index contributed by atoms with van der Waals surface area (Å²) in [5, 5.41) is 13.0. The molecule has 3 aromatic carbocycles. The number of aromatic carboxylic acids is 1. The number of carboxylic acid groups (broad SMARTS) is 1. The molecule has 0 spiro atoms. The van der Waals surface area contributed by atoms with E-state index in [0.29, 0.717) is 11.5 Å². The molecule has 216 valence electrons. The summed E-state index contributed by atoms with van der Waals surface area (Å²) in [7, 11) is 0. The smallest absolute Gasteiger partial charge is 0.336 e. The molecule has 0 unspecified atom stereocenters. The summed E-state index contributed by atoms with van der Waals surface area (Å²) < 4.78 is 9.81. The maximum absolute atomic E-state index is 12.8. The SMILES string of the molecule is CC(C)c1ccc(C(=O)O)c(C2=c3cc4c5c(c3Oc3c2cc2c6c3CCCN6CCCC2)CCC[N+]=5CCCC4)c1. The average Bonchev–Trinajstić information content (AvgIpc) is 3.34. The second-order valence-corrected chi connectivity index (χ2v) is 13.3. The number of aryl methyl sites for hydroxylation is 2. The zero-order valence-corrected chi connectivity index (χ0v) is 25.0. The summed E-state index contributed by atoms with van der Waals surface area (Å²) in [5.41, 5.74) is 11.4. The van der Waals surface area contributed by atoms with Gasteiger partial charge >= 0.3 is 5.97 Å². The minimum Gasteiger partial charge on any atom is -0.478 e. The van der Waals surface area contributed by atoms with Crippen LogP contribution >= 0.6 is 0 Å². The maximum atomic E-state index is 12.8. The van der Waals surface area contributed by atoms with Crippen LogP contribution in [0.5, 0.6) is 11.5 Å². The van der Waals surface area contributed by atoms with Gasteiger partial charge in [0.25, 0.3) is 0 Å². The molecule has 3 aromatic rings. The standard InChI is InChI=1S/C37H40N2O3/c1-22(2)23-13-14-26(37(40)41)29(19-23)32-30-20-24-9-3-5-15-38-17-7-11-27(33(24)38)35(30)42-36-28-12-8-18-39-16-6-4-10-25(34(28)39)21-31(32)36/h13-14,19-22H,3-12,15-18H2,1-2H3/p+1. The predicted octanol–water partition coefficient (Wildman–Crippen LogP) is 5.72. The lowest BCUT2D eigenvalue weighted by molar-refractivity contribution is 0.0696. The molecule has 5 heterocycles. The Labute approximate surface area is 248 Å². The van der Waals surface area contributed by atoms with E-state index in [-0.39, 0.29) is 0 Å². The van der Waals surface area contributed by atoms with Crippen LogP contribution in [0.1, 0.15) is 108 Å². The summed E-state index contributed by atoms with van der Waals surface area (Å²) in [5.74, 6) is 1.40. The fourth-order valence-electron chi connectivity index (χ4n) is 8.43. The van der Waals surface area contributed by atoms with Gasteiger partial charge in [-0.2, -0.15) is 0 Å². The molecule has 8 rings (SSSR count). The highest BCUT2D eigenvalue weighted by Gasteiger charge is 2.36. The molecule has 5 aliphatic heterocycles. The molecular formula is C37H41N2O3+. The molecule has 1 N–H and O–H groups in total. The van der Waals surface area contributed by atoms with Crippen molar-refractivity contribution in [2.75, 3.05) is 31.1 Å². The van der Waals surface area contributed by atoms with Crippen molar-refractivity contribution >= 4 is 17.2 Å².